The number of nitrogens with zero attached hydrogens (tertiary/aromatic N) is 1. The molecule has 0 unspecified atom stereocenters. The Kier molecular flexibility index (Phi) is 4.23. The van der Waals surface area contributed by atoms with E-state index in [9.17, 15) is 0 Å². The highest BCUT2D eigenvalue weighted by Gasteiger charge is 2.01. The summed E-state index contributed by atoms with van der Waals surface area (Å²) in [6, 6.07) is 9.97. The van der Waals surface area contributed by atoms with Gasteiger partial charge in [-0.15, -0.1) is 0 Å². The van der Waals surface area contributed by atoms with Gasteiger partial charge in [-0.3, -0.25) is 0 Å². The van der Waals surface area contributed by atoms with Gasteiger partial charge in [0.05, 0.1) is 12.8 Å². The van der Waals surface area contributed by atoms with E-state index >= 15 is 0 Å². The molecule has 2 aromatic rings. The summed E-state index contributed by atoms with van der Waals surface area (Å²) in [6.45, 7) is 2.76. The van der Waals surface area contributed by atoms with E-state index in [2.05, 4.69) is 16.4 Å². The first kappa shape index (κ1) is 13.2. The van der Waals surface area contributed by atoms with Crippen LogP contribution >= 0.6 is 0 Å². The van der Waals surface area contributed by atoms with Crippen LogP contribution in [0.2, 0.25) is 0 Å². The lowest BCUT2D eigenvalue weighted by molar-refractivity contribution is 0.414. The van der Waals surface area contributed by atoms with Crippen molar-refractivity contribution >= 4 is 11.5 Å². The van der Waals surface area contributed by atoms with Crippen molar-refractivity contribution in [2.24, 2.45) is 0 Å². The predicted octanol–water partition coefficient (Wildman–Crippen LogP) is 2.64. The SMILES string of the molecule is COc1cccc(CCNc2ncc(C)cc2N)c1. The van der Waals surface area contributed by atoms with Crippen LogP contribution in [-0.4, -0.2) is 18.6 Å². The summed E-state index contributed by atoms with van der Waals surface area (Å²) in [5, 5.41) is 3.25. The Morgan fingerprint density at radius 1 is 1.32 bits per heavy atom. The molecule has 0 bridgehead atoms. The van der Waals surface area contributed by atoms with Crippen molar-refractivity contribution in [3.63, 3.8) is 0 Å². The Balaban J connectivity index is 1.92. The first-order valence-electron chi connectivity index (χ1n) is 6.28. The van der Waals surface area contributed by atoms with Gasteiger partial charge >= 0.3 is 0 Å². The molecule has 1 heterocycles. The third-order valence-corrected chi connectivity index (χ3v) is 2.89. The molecule has 0 fully saturated rings. The molecular formula is C15H19N3O. The fourth-order valence-electron chi connectivity index (χ4n) is 1.89. The number of hydrogen-bond acceptors (Lipinski definition) is 4. The summed E-state index contributed by atoms with van der Waals surface area (Å²) in [5.41, 5.74) is 8.87. The Bertz CT molecular complexity index is 555. The maximum absolute atomic E-state index is 5.90. The number of ether oxygens (including phenoxy) is 1. The standard InChI is InChI=1S/C15H19N3O/c1-11-8-14(16)15(18-10-11)17-7-6-12-4-3-5-13(9-12)19-2/h3-5,8-10H,6-7,16H2,1-2H3,(H,17,18). The lowest BCUT2D eigenvalue weighted by atomic mass is 10.1. The molecule has 0 saturated carbocycles. The van der Waals surface area contributed by atoms with Crippen LogP contribution in [0.25, 0.3) is 0 Å². The van der Waals surface area contributed by atoms with Gasteiger partial charge < -0.3 is 15.8 Å². The molecule has 0 atom stereocenters. The number of hydrogen-bond donors (Lipinski definition) is 2. The normalized spacial score (nSPS) is 10.2. The Morgan fingerprint density at radius 3 is 2.89 bits per heavy atom. The number of anilines is 2. The third kappa shape index (κ3) is 3.61. The van der Waals surface area contributed by atoms with Crippen LogP contribution in [0.3, 0.4) is 0 Å². The van der Waals surface area contributed by atoms with Gasteiger partial charge in [-0.1, -0.05) is 12.1 Å². The molecule has 0 radical (unpaired) electrons. The maximum Gasteiger partial charge on any atom is 0.149 e. The molecule has 0 saturated heterocycles. The first-order valence-corrected chi connectivity index (χ1v) is 6.28. The smallest absolute Gasteiger partial charge is 0.149 e. The maximum atomic E-state index is 5.90. The zero-order chi connectivity index (χ0) is 13.7. The number of pyridine rings is 1. The molecule has 0 spiro atoms. The number of nitrogens with one attached hydrogen (secondary N) is 1. The van der Waals surface area contributed by atoms with Gasteiger partial charge in [-0.25, -0.2) is 4.98 Å². The summed E-state index contributed by atoms with van der Waals surface area (Å²) in [5.74, 6) is 1.62. The number of methoxy groups -OCH3 is 1. The van der Waals surface area contributed by atoms with Crippen molar-refractivity contribution in [1.82, 2.24) is 4.98 Å². The Hall–Kier alpha value is -2.23. The average Bonchev–Trinajstić information content (AvgIpc) is 2.41. The van der Waals surface area contributed by atoms with E-state index in [1.54, 1.807) is 7.11 Å². The molecule has 0 amide bonds. The van der Waals surface area contributed by atoms with E-state index in [0.29, 0.717) is 5.69 Å². The molecule has 2 rings (SSSR count). The predicted molar refractivity (Wildman–Crippen MR) is 78.6 cm³/mol. The largest absolute Gasteiger partial charge is 0.497 e. The molecule has 0 aliphatic carbocycles. The molecule has 4 heteroatoms. The molecule has 4 nitrogen and oxygen atoms in total. The highest BCUT2D eigenvalue weighted by atomic mass is 16.5. The van der Waals surface area contributed by atoms with E-state index in [0.717, 1.165) is 30.1 Å². The van der Waals surface area contributed by atoms with E-state index in [4.69, 9.17) is 10.5 Å². The first-order chi connectivity index (χ1) is 9.19. The van der Waals surface area contributed by atoms with Crippen molar-refractivity contribution in [1.29, 1.82) is 0 Å². The molecule has 0 aliphatic heterocycles. The summed E-state index contributed by atoms with van der Waals surface area (Å²) in [4.78, 5) is 4.28. The Morgan fingerprint density at radius 2 is 2.16 bits per heavy atom. The summed E-state index contributed by atoms with van der Waals surface area (Å²) < 4.78 is 5.20. The van der Waals surface area contributed by atoms with E-state index < -0.39 is 0 Å². The highest BCUT2D eigenvalue weighted by Crippen LogP contribution is 2.16. The minimum atomic E-state index is 0.686. The van der Waals surface area contributed by atoms with Crippen molar-refractivity contribution < 1.29 is 4.74 Å². The van der Waals surface area contributed by atoms with Gasteiger partial charge in [0.1, 0.15) is 11.6 Å². The summed E-state index contributed by atoms with van der Waals surface area (Å²) >= 11 is 0. The molecule has 0 aliphatic rings. The number of aryl methyl sites for hydroxylation is 1. The fourth-order valence-corrected chi connectivity index (χ4v) is 1.89. The zero-order valence-corrected chi connectivity index (χ0v) is 11.3. The van der Waals surface area contributed by atoms with Crippen LogP contribution in [0.1, 0.15) is 11.1 Å². The number of rotatable bonds is 5. The quantitative estimate of drug-likeness (QED) is 0.864. The average molecular weight is 257 g/mol. The van der Waals surface area contributed by atoms with Crippen LogP contribution in [-0.2, 0) is 6.42 Å². The summed E-state index contributed by atoms with van der Waals surface area (Å²) in [7, 11) is 1.67. The van der Waals surface area contributed by atoms with Gasteiger partial charge in [0.2, 0.25) is 0 Å². The summed E-state index contributed by atoms with van der Waals surface area (Å²) in [6.07, 6.45) is 2.70. The monoisotopic (exact) mass is 257 g/mol. The van der Waals surface area contributed by atoms with Crippen molar-refractivity contribution in [3.05, 3.63) is 47.7 Å². The molecule has 19 heavy (non-hydrogen) atoms. The van der Waals surface area contributed by atoms with Crippen LogP contribution < -0.4 is 15.8 Å². The lowest BCUT2D eigenvalue weighted by Gasteiger charge is -2.09. The topological polar surface area (TPSA) is 60.2 Å². The van der Waals surface area contributed by atoms with E-state index in [-0.39, 0.29) is 0 Å². The number of aromatic nitrogens is 1. The van der Waals surface area contributed by atoms with Gasteiger partial charge in [-0.05, 0) is 42.7 Å². The number of benzene rings is 1. The van der Waals surface area contributed by atoms with Crippen molar-refractivity contribution in [2.75, 3.05) is 24.7 Å². The van der Waals surface area contributed by atoms with Crippen molar-refractivity contribution in [2.45, 2.75) is 13.3 Å². The molecule has 1 aromatic carbocycles. The van der Waals surface area contributed by atoms with E-state index in [1.807, 2.05) is 37.4 Å². The minimum Gasteiger partial charge on any atom is -0.497 e. The highest BCUT2D eigenvalue weighted by molar-refractivity contribution is 5.61. The molecular weight excluding hydrogens is 238 g/mol. The molecule has 1 aromatic heterocycles. The second-order valence-electron chi connectivity index (χ2n) is 4.48. The molecule has 100 valence electrons. The zero-order valence-electron chi connectivity index (χ0n) is 11.3. The van der Waals surface area contributed by atoms with Gasteiger partial charge in [0.25, 0.3) is 0 Å². The number of nitrogen functional groups attached to an aromatic ring is 1. The fraction of sp³-hybridized carbons (Fsp3) is 0.267. The van der Waals surface area contributed by atoms with Crippen LogP contribution in [0.4, 0.5) is 11.5 Å². The van der Waals surface area contributed by atoms with Crippen LogP contribution in [0, 0.1) is 6.92 Å². The second kappa shape index (κ2) is 6.09. The van der Waals surface area contributed by atoms with Crippen LogP contribution in [0.5, 0.6) is 5.75 Å². The van der Waals surface area contributed by atoms with E-state index in [1.165, 1.54) is 5.56 Å². The van der Waals surface area contributed by atoms with Gasteiger partial charge in [-0.2, -0.15) is 0 Å². The lowest BCUT2D eigenvalue weighted by Crippen LogP contribution is -2.08. The molecule has 3 N–H and O–H groups in total. The Labute approximate surface area is 113 Å². The number of nitrogens with two attached hydrogens (primary N) is 1. The van der Waals surface area contributed by atoms with Crippen LogP contribution in [0.15, 0.2) is 36.5 Å². The van der Waals surface area contributed by atoms with Gasteiger partial charge in [0, 0.05) is 12.7 Å². The third-order valence-electron chi connectivity index (χ3n) is 2.89. The van der Waals surface area contributed by atoms with Gasteiger partial charge in [0.15, 0.2) is 0 Å². The second-order valence-corrected chi connectivity index (χ2v) is 4.48. The minimum absolute atomic E-state index is 0.686. The van der Waals surface area contributed by atoms with Crippen molar-refractivity contribution in [3.8, 4) is 5.75 Å².